The minimum atomic E-state index is -0.250. The zero-order valence-electron chi connectivity index (χ0n) is 14.2. The van der Waals surface area contributed by atoms with Crippen molar-refractivity contribution in [1.82, 2.24) is 24.6 Å². The van der Waals surface area contributed by atoms with E-state index in [1.165, 1.54) is 12.8 Å². The number of fused-ring (bicyclic) bond motifs is 1. The van der Waals surface area contributed by atoms with Crippen LogP contribution >= 0.6 is 0 Å². The molecule has 25 heavy (non-hydrogen) atoms. The van der Waals surface area contributed by atoms with Crippen LogP contribution in [-0.4, -0.2) is 87.0 Å². The van der Waals surface area contributed by atoms with Crippen molar-refractivity contribution in [2.75, 3.05) is 32.8 Å². The third-order valence-electron chi connectivity index (χ3n) is 5.12. The molecule has 0 unspecified atom stereocenters. The molecule has 0 radical (unpaired) electrons. The van der Waals surface area contributed by atoms with Crippen LogP contribution in [0.2, 0.25) is 0 Å². The molecular formula is C16H25N5O4. The highest BCUT2D eigenvalue weighted by atomic mass is 16.5. The monoisotopic (exact) mass is 351 g/mol. The Morgan fingerprint density at radius 3 is 2.64 bits per heavy atom. The van der Waals surface area contributed by atoms with Gasteiger partial charge in [-0.1, -0.05) is 0 Å². The Hall–Kier alpha value is -2.00. The first kappa shape index (κ1) is 17.8. The molecule has 2 saturated heterocycles. The van der Waals surface area contributed by atoms with Crippen molar-refractivity contribution < 1.29 is 19.4 Å². The first-order valence-corrected chi connectivity index (χ1v) is 8.74. The van der Waals surface area contributed by atoms with Gasteiger partial charge in [0.15, 0.2) is 0 Å². The van der Waals surface area contributed by atoms with E-state index in [4.69, 9.17) is 14.6 Å². The molecule has 1 aromatic rings. The van der Waals surface area contributed by atoms with E-state index in [0.717, 1.165) is 38.8 Å². The van der Waals surface area contributed by atoms with Crippen molar-refractivity contribution in [2.24, 2.45) is 5.92 Å². The van der Waals surface area contributed by atoms with Gasteiger partial charge in [0.25, 0.3) is 6.47 Å². The van der Waals surface area contributed by atoms with Crippen LogP contribution in [0.3, 0.4) is 0 Å². The highest BCUT2D eigenvalue weighted by Gasteiger charge is 2.43. The van der Waals surface area contributed by atoms with Crippen LogP contribution in [-0.2, 0) is 20.9 Å². The van der Waals surface area contributed by atoms with Gasteiger partial charge >= 0.3 is 0 Å². The van der Waals surface area contributed by atoms with Gasteiger partial charge in [-0.3, -0.25) is 14.5 Å². The molecule has 0 bridgehead atoms. The first-order valence-electron chi connectivity index (χ1n) is 8.74. The summed E-state index contributed by atoms with van der Waals surface area (Å²) >= 11 is 0. The van der Waals surface area contributed by atoms with E-state index in [1.807, 2.05) is 9.47 Å². The minimum absolute atomic E-state index is 0.224. The van der Waals surface area contributed by atoms with Gasteiger partial charge in [0.1, 0.15) is 12.7 Å². The summed E-state index contributed by atoms with van der Waals surface area (Å²) in [6, 6.07) is 0.972. The van der Waals surface area contributed by atoms with Crippen molar-refractivity contribution in [3.8, 4) is 0 Å². The van der Waals surface area contributed by atoms with Crippen LogP contribution in [0, 0.1) is 5.92 Å². The molecule has 1 amide bonds. The number of aromatic nitrogens is 3. The first-order chi connectivity index (χ1) is 12.2. The van der Waals surface area contributed by atoms with E-state index >= 15 is 0 Å². The second-order valence-corrected chi connectivity index (χ2v) is 6.73. The Labute approximate surface area is 146 Å². The number of hydrogen-bond acceptors (Lipinski definition) is 6. The van der Waals surface area contributed by atoms with Crippen molar-refractivity contribution >= 4 is 12.4 Å². The Kier molecular flexibility index (Phi) is 5.98. The average Bonchev–Trinajstić information content (AvgIpc) is 3.34. The summed E-state index contributed by atoms with van der Waals surface area (Å²) in [6.45, 7) is 4.69. The third kappa shape index (κ3) is 4.55. The predicted octanol–water partition coefficient (Wildman–Crippen LogP) is -0.309. The fourth-order valence-corrected chi connectivity index (χ4v) is 3.71. The summed E-state index contributed by atoms with van der Waals surface area (Å²) in [5, 5.41) is 14.4. The molecule has 138 valence electrons. The van der Waals surface area contributed by atoms with Gasteiger partial charge in [0, 0.05) is 38.6 Å². The largest absolute Gasteiger partial charge is 0.483 e. The zero-order chi connectivity index (χ0) is 17.6. The number of carbonyl (C=O) groups is 2. The summed E-state index contributed by atoms with van der Waals surface area (Å²) in [5.41, 5.74) is 0. The zero-order valence-corrected chi connectivity index (χ0v) is 14.2. The average molecular weight is 351 g/mol. The molecule has 3 aliphatic rings. The predicted molar refractivity (Wildman–Crippen MR) is 87.7 cm³/mol. The summed E-state index contributed by atoms with van der Waals surface area (Å²) in [6.07, 6.45) is 6.51. The van der Waals surface area contributed by atoms with E-state index in [9.17, 15) is 4.79 Å². The number of aryl methyl sites for hydroxylation is 1. The molecule has 2 atom stereocenters. The maximum Gasteiger partial charge on any atom is 0.290 e. The molecule has 3 heterocycles. The van der Waals surface area contributed by atoms with E-state index in [2.05, 4.69) is 15.1 Å². The Bertz CT molecular complexity index is 563. The van der Waals surface area contributed by atoms with Crippen molar-refractivity contribution in [3.63, 3.8) is 0 Å². The van der Waals surface area contributed by atoms with Crippen LogP contribution in [0.1, 0.15) is 19.3 Å². The van der Waals surface area contributed by atoms with Crippen LogP contribution in [0.25, 0.3) is 0 Å². The maximum absolute atomic E-state index is 12.4. The summed E-state index contributed by atoms with van der Waals surface area (Å²) in [7, 11) is 0. The van der Waals surface area contributed by atoms with E-state index < -0.39 is 0 Å². The highest BCUT2D eigenvalue weighted by Crippen LogP contribution is 2.38. The number of hydrogen-bond donors (Lipinski definition) is 1. The lowest BCUT2D eigenvalue weighted by Gasteiger charge is -2.48. The number of carboxylic acid groups (broad SMARTS) is 1. The van der Waals surface area contributed by atoms with Gasteiger partial charge < -0.3 is 19.3 Å². The molecule has 9 heteroatoms. The summed E-state index contributed by atoms with van der Waals surface area (Å²) in [5.74, 6) is 1.06. The lowest BCUT2D eigenvalue weighted by molar-refractivity contribution is -0.140. The smallest absolute Gasteiger partial charge is 0.290 e. The molecule has 0 aromatic carbocycles. The molecule has 2 aliphatic heterocycles. The Morgan fingerprint density at radius 1 is 1.24 bits per heavy atom. The van der Waals surface area contributed by atoms with Gasteiger partial charge in [-0.2, -0.15) is 0 Å². The molecule has 3 fully saturated rings. The molecular weight excluding hydrogens is 326 g/mol. The van der Waals surface area contributed by atoms with Crippen LogP contribution in [0.4, 0.5) is 0 Å². The summed E-state index contributed by atoms with van der Waals surface area (Å²) < 4.78 is 7.65. The van der Waals surface area contributed by atoms with Crippen LogP contribution < -0.4 is 0 Å². The quantitative estimate of drug-likeness (QED) is 0.743. The second-order valence-electron chi connectivity index (χ2n) is 6.73. The molecule has 1 aromatic heterocycles. The molecule has 1 saturated carbocycles. The van der Waals surface area contributed by atoms with E-state index in [0.29, 0.717) is 25.0 Å². The fourth-order valence-electron chi connectivity index (χ4n) is 3.71. The van der Waals surface area contributed by atoms with Gasteiger partial charge in [-0.25, -0.2) is 0 Å². The van der Waals surface area contributed by atoms with Crippen LogP contribution in [0.15, 0.2) is 12.7 Å². The molecule has 9 nitrogen and oxygen atoms in total. The number of piperazine rings is 1. The Morgan fingerprint density at radius 2 is 1.96 bits per heavy atom. The number of carbonyl (C=O) groups excluding carboxylic acids is 1. The Balaban J connectivity index is 0.000000569. The van der Waals surface area contributed by atoms with Gasteiger partial charge in [-0.05, 0) is 18.8 Å². The molecule has 0 spiro atoms. The number of nitrogens with zero attached hydrogens (tertiary/aromatic N) is 5. The van der Waals surface area contributed by atoms with Gasteiger partial charge in [0.2, 0.25) is 5.91 Å². The number of morpholine rings is 1. The van der Waals surface area contributed by atoms with Crippen molar-refractivity contribution in [1.29, 1.82) is 0 Å². The number of ether oxygens (including phenoxy) is 1. The second kappa shape index (κ2) is 8.39. The number of amides is 1. The normalized spacial score (nSPS) is 26.3. The van der Waals surface area contributed by atoms with Crippen molar-refractivity contribution in [3.05, 3.63) is 12.7 Å². The molecule has 1 aliphatic carbocycles. The number of rotatable bonds is 4. The SMILES string of the molecule is O=C(CCn1cnnc1)N1CCN2[C@@H](COC[C@@H]2C2CC2)C1.O=CO. The van der Waals surface area contributed by atoms with E-state index in [-0.39, 0.29) is 12.4 Å². The van der Waals surface area contributed by atoms with Gasteiger partial charge in [-0.15, -0.1) is 10.2 Å². The topological polar surface area (TPSA) is 101 Å². The van der Waals surface area contributed by atoms with Crippen molar-refractivity contribution in [2.45, 2.75) is 37.9 Å². The van der Waals surface area contributed by atoms with Crippen LogP contribution in [0.5, 0.6) is 0 Å². The fraction of sp³-hybridized carbons (Fsp3) is 0.750. The lowest BCUT2D eigenvalue weighted by atomic mass is 10.0. The molecule has 4 rings (SSSR count). The molecule has 1 N–H and O–H groups in total. The standard InChI is InChI=1S/C15H23N5O2.CH2O2/c21-15(3-4-18-10-16-17-11-18)19-5-6-20-13(7-19)8-22-9-14(20)12-1-2-12;2-1-3/h10-14H,1-9H2;1H,(H,2,3)/t13-,14-;/m1./s1. The van der Waals surface area contributed by atoms with Gasteiger partial charge in [0.05, 0.1) is 19.3 Å². The highest BCUT2D eigenvalue weighted by molar-refractivity contribution is 5.76. The lowest BCUT2D eigenvalue weighted by Crippen LogP contribution is -2.63. The minimum Gasteiger partial charge on any atom is -0.483 e. The summed E-state index contributed by atoms with van der Waals surface area (Å²) in [4.78, 5) is 25.4. The third-order valence-corrected chi connectivity index (χ3v) is 5.12. The maximum atomic E-state index is 12.4. The van der Waals surface area contributed by atoms with E-state index in [1.54, 1.807) is 12.7 Å².